The molecule has 0 aliphatic carbocycles. The van der Waals surface area contributed by atoms with Crippen molar-refractivity contribution < 1.29 is 4.79 Å². The zero-order valence-electron chi connectivity index (χ0n) is 14.4. The van der Waals surface area contributed by atoms with Crippen LogP contribution in [0.2, 0.25) is 5.02 Å². The van der Waals surface area contributed by atoms with E-state index < -0.39 is 6.04 Å². The molecule has 1 aromatic carbocycles. The van der Waals surface area contributed by atoms with Gasteiger partial charge in [0.1, 0.15) is 29.1 Å². The number of amides is 1. The summed E-state index contributed by atoms with van der Waals surface area (Å²) in [6.45, 7) is 5.81. The first-order valence-electron chi connectivity index (χ1n) is 7.88. The fraction of sp³-hybridized carbons (Fsp3) is 0.222. The molecule has 0 saturated carbocycles. The Hall–Kier alpha value is -2.69. The molecule has 132 valence electrons. The van der Waals surface area contributed by atoms with Gasteiger partial charge in [-0.1, -0.05) is 11.6 Å². The molecule has 0 aliphatic heterocycles. The third-order valence-corrected chi connectivity index (χ3v) is 5.50. The predicted octanol–water partition coefficient (Wildman–Crippen LogP) is 4.27. The van der Waals surface area contributed by atoms with Gasteiger partial charge in [-0.25, -0.2) is 9.97 Å². The summed E-state index contributed by atoms with van der Waals surface area (Å²) in [6, 6.07) is 6.23. The summed E-state index contributed by atoms with van der Waals surface area (Å²) < 4.78 is 0. The first kappa shape index (κ1) is 18.1. The molecular weight excluding hydrogens is 370 g/mol. The van der Waals surface area contributed by atoms with E-state index in [0.29, 0.717) is 22.1 Å². The molecule has 1 amide bonds. The lowest BCUT2D eigenvalue weighted by Gasteiger charge is -2.15. The van der Waals surface area contributed by atoms with E-state index in [1.165, 1.54) is 11.2 Å². The number of hydrogen-bond acceptors (Lipinski definition) is 6. The lowest BCUT2D eigenvalue weighted by atomic mass is 10.2. The fourth-order valence-electron chi connectivity index (χ4n) is 2.50. The molecule has 3 aromatic rings. The van der Waals surface area contributed by atoms with Crippen LogP contribution in [0, 0.1) is 25.2 Å². The van der Waals surface area contributed by atoms with Crippen LogP contribution in [0.3, 0.4) is 0 Å². The molecule has 1 atom stereocenters. The molecule has 0 unspecified atom stereocenters. The number of aromatic nitrogens is 2. The fourth-order valence-corrected chi connectivity index (χ4v) is 3.72. The van der Waals surface area contributed by atoms with Crippen molar-refractivity contribution in [2.45, 2.75) is 26.8 Å². The summed E-state index contributed by atoms with van der Waals surface area (Å²) in [7, 11) is 0. The van der Waals surface area contributed by atoms with Crippen LogP contribution in [-0.2, 0) is 4.79 Å². The number of benzene rings is 1. The zero-order chi connectivity index (χ0) is 18.8. The highest BCUT2D eigenvalue weighted by Crippen LogP contribution is 2.32. The Kier molecular flexibility index (Phi) is 5.07. The van der Waals surface area contributed by atoms with Gasteiger partial charge in [0.25, 0.3) is 0 Å². The number of rotatable bonds is 4. The number of aryl methyl sites for hydroxylation is 2. The highest BCUT2D eigenvalue weighted by Gasteiger charge is 2.18. The molecule has 0 spiro atoms. The number of nitrogens with one attached hydrogen (secondary N) is 2. The summed E-state index contributed by atoms with van der Waals surface area (Å²) in [4.78, 5) is 23.1. The van der Waals surface area contributed by atoms with Crippen molar-refractivity contribution in [2.24, 2.45) is 0 Å². The number of thiophene rings is 1. The van der Waals surface area contributed by atoms with E-state index in [-0.39, 0.29) is 5.91 Å². The minimum atomic E-state index is -0.526. The monoisotopic (exact) mass is 385 g/mol. The lowest BCUT2D eigenvalue weighted by molar-refractivity contribution is -0.116. The maximum atomic E-state index is 12.5. The average molecular weight is 386 g/mol. The van der Waals surface area contributed by atoms with Gasteiger partial charge in [0.15, 0.2) is 0 Å². The molecular formula is C18H16ClN5OS. The van der Waals surface area contributed by atoms with E-state index in [1.54, 1.807) is 36.5 Å². The molecule has 26 heavy (non-hydrogen) atoms. The maximum Gasteiger partial charge on any atom is 0.246 e. The van der Waals surface area contributed by atoms with Crippen LogP contribution in [0.5, 0.6) is 0 Å². The van der Waals surface area contributed by atoms with Crippen LogP contribution in [-0.4, -0.2) is 21.9 Å². The molecule has 2 heterocycles. The number of fused-ring (bicyclic) bond motifs is 1. The van der Waals surface area contributed by atoms with Crippen molar-refractivity contribution in [1.82, 2.24) is 9.97 Å². The Balaban J connectivity index is 1.78. The maximum absolute atomic E-state index is 12.5. The van der Waals surface area contributed by atoms with Crippen molar-refractivity contribution in [3.8, 4) is 6.07 Å². The van der Waals surface area contributed by atoms with Gasteiger partial charge >= 0.3 is 0 Å². The molecule has 0 fully saturated rings. The van der Waals surface area contributed by atoms with E-state index in [2.05, 4.69) is 20.6 Å². The number of carbonyl (C=O) groups excluding carboxylic acids is 1. The molecule has 2 N–H and O–H groups in total. The van der Waals surface area contributed by atoms with Crippen molar-refractivity contribution in [1.29, 1.82) is 5.26 Å². The third-order valence-electron chi connectivity index (χ3n) is 4.07. The minimum Gasteiger partial charge on any atom is -0.358 e. The second-order valence-corrected chi connectivity index (χ2v) is 7.46. The Labute approximate surface area is 159 Å². The highest BCUT2D eigenvalue weighted by atomic mass is 35.5. The third kappa shape index (κ3) is 3.47. The molecule has 0 aliphatic rings. The molecule has 0 bridgehead atoms. The van der Waals surface area contributed by atoms with Gasteiger partial charge in [-0.15, -0.1) is 11.3 Å². The molecule has 0 saturated heterocycles. The van der Waals surface area contributed by atoms with Crippen LogP contribution in [0.4, 0.5) is 11.5 Å². The number of nitriles is 1. The average Bonchev–Trinajstić information content (AvgIpc) is 2.90. The molecule has 2 aromatic heterocycles. The number of halogens is 1. The van der Waals surface area contributed by atoms with Gasteiger partial charge in [-0.3, -0.25) is 4.79 Å². The number of nitrogens with zero attached hydrogens (tertiary/aromatic N) is 3. The lowest BCUT2D eigenvalue weighted by Crippen LogP contribution is -2.32. The summed E-state index contributed by atoms with van der Waals surface area (Å²) in [6.07, 6.45) is 1.49. The first-order valence-corrected chi connectivity index (χ1v) is 9.08. The van der Waals surface area contributed by atoms with Gasteiger partial charge in [0.05, 0.1) is 16.0 Å². The second kappa shape index (κ2) is 7.28. The summed E-state index contributed by atoms with van der Waals surface area (Å²) in [5, 5.41) is 16.1. The Bertz CT molecular complexity index is 1040. The van der Waals surface area contributed by atoms with Crippen LogP contribution >= 0.6 is 22.9 Å². The molecule has 0 radical (unpaired) electrons. The van der Waals surface area contributed by atoms with E-state index in [0.717, 1.165) is 15.8 Å². The predicted molar refractivity (Wildman–Crippen MR) is 105 cm³/mol. The standard InChI is InChI=1S/C18H16ClN5OS/c1-9-11(3)26-18-15(9)16(21-8-22-18)23-10(2)17(25)24-13-5-4-12(7-20)14(19)6-13/h4-6,8,10H,1-3H3,(H,24,25)(H,21,22,23)/t10-/m0/s1. The summed E-state index contributed by atoms with van der Waals surface area (Å²) in [5.74, 6) is 0.402. The Morgan fingerprint density at radius 3 is 2.81 bits per heavy atom. The Morgan fingerprint density at radius 2 is 2.12 bits per heavy atom. The van der Waals surface area contributed by atoms with E-state index in [9.17, 15) is 4.79 Å². The molecule has 6 nitrogen and oxygen atoms in total. The van der Waals surface area contributed by atoms with E-state index in [4.69, 9.17) is 16.9 Å². The van der Waals surface area contributed by atoms with Crippen LogP contribution in [0.15, 0.2) is 24.5 Å². The Morgan fingerprint density at radius 1 is 1.35 bits per heavy atom. The highest BCUT2D eigenvalue weighted by molar-refractivity contribution is 7.18. The SMILES string of the molecule is Cc1sc2ncnc(N[C@@H](C)C(=O)Nc3ccc(C#N)c(Cl)c3)c2c1C. The van der Waals surface area contributed by atoms with Crippen LogP contribution in [0.1, 0.15) is 22.9 Å². The van der Waals surface area contributed by atoms with Crippen LogP contribution in [0.25, 0.3) is 10.2 Å². The van der Waals surface area contributed by atoms with Crippen LogP contribution < -0.4 is 10.6 Å². The largest absolute Gasteiger partial charge is 0.358 e. The second-order valence-electron chi connectivity index (χ2n) is 5.85. The van der Waals surface area contributed by atoms with E-state index in [1.807, 2.05) is 19.9 Å². The topological polar surface area (TPSA) is 90.7 Å². The van der Waals surface area contributed by atoms with E-state index >= 15 is 0 Å². The molecule has 3 rings (SSSR count). The van der Waals surface area contributed by atoms with Crippen molar-refractivity contribution in [3.63, 3.8) is 0 Å². The van der Waals surface area contributed by atoms with Gasteiger partial charge in [0.2, 0.25) is 5.91 Å². The number of carbonyl (C=O) groups is 1. The van der Waals surface area contributed by atoms with Gasteiger partial charge in [-0.2, -0.15) is 5.26 Å². The van der Waals surface area contributed by atoms with Crippen molar-refractivity contribution in [3.05, 3.63) is 45.6 Å². The quantitative estimate of drug-likeness (QED) is 0.699. The smallest absolute Gasteiger partial charge is 0.246 e. The van der Waals surface area contributed by atoms with Crippen molar-refractivity contribution >= 4 is 50.6 Å². The minimum absolute atomic E-state index is 0.234. The normalized spacial score (nSPS) is 11.8. The molecule has 8 heteroatoms. The summed E-state index contributed by atoms with van der Waals surface area (Å²) >= 11 is 7.61. The summed E-state index contributed by atoms with van der Waals surface area (Å²) in [5.41, 5.74) is 2.00. The van der Waals surface area contributed by atoms with Gasteiger partial charge < -0.3 is 10.6 Å². The zero-order valence-corrected chi connectivity index (χ0v) is 16.0. The first-order chi connectivity index (χ1) is 12.4. The van der Waals surface area contributed by atoms with Crippen molar-refractivity contribution in [2.75, 3.05) is 10.6 Å². The number of hydrogen-bond donors (Lipinski definition) is 2. The van der Waals surface area contributed by atoms with Gasteiger partial charge in [0, 0.05) is 10.6 Å². The van der Waals surface area contributed by atoms with Gasteiger partial charge in [-0.05, 0) is 44.5 Å². The number of anilines is 2.